The molecule has 0 saturated heterocycles. The molecule has 1 heterocycles. The van der Waals surface area contributed by atoms with Gasteiger partial charge in [-0.05, 0) is 44.0 Å². The number of benzene rings is 1. The molecule has 0 fully saturated rings. The molecule has 0 aliphatic carbocycles. The van der Waals surface area contributed by atoms with Crippen molar-refractivity contribution in [2.45, 2.75) is 26.1 Å². The van der Waals surface area contributed by atoms with E-state index in [0.29, 0.717) is 11.9 Å². The summed E-state index contributed by atoms with van der Waals surface area (Å²) in [6.07, 6.45) is 0. The fourth-order valence-electron chi connectivity index (χ4n) is 1.39. The molecule has 0 saturated carbocycles. The number of alkyl halides is 1. The zero-order valence-corrected chi connectivity index (χ0v) is 10.7. The van der Waals surface area contributed by atoms with Gasteiger partial charge in [-0.3, -0.25) is 0 Å². The van der Waals surface area contributed by atoms with Crippen LogP contribution in [0.15, 0.2) is 22.6 Å². The molecule has 1 N–H and O–H groups in total. The fourth-order valence-corrected chi connectivity index (χ4v) is 1.48. The third-order valence-corrected chi connectivity index (χ3v) is 2.73. The molecule has 1 atom stereocenters. The van der Waals surface area contributed by atoms with Gasteiger partial charge in [0.25, 0.3) is 0 Å². The molecule has 0 aliphatic heterocycles. The van der Waals surface area contributed by atoms with Gasteiger partial charge >= 0.3 is 6.01 Å². The van der Waals surface area contributed by atoms with Gasteiger partial charge in [-0.1, -0.05) is 11.2 Å². The normalized spacial score (nSPS) is 12.5. The Labute approximate surface area is 105 Å². The van der Waals surface area contributed by atoms with E-state index in [2.05, 4.69) is 29.4 Å². The molecule has 1 unspecified atom stereocenters. The molecule has 0 aliphatic rings. The quantitative estimate of drug-likeness (QED) is 0.845. The van der Waals surface area contributed by atoms with Crippen LogP contribution in [0.1, 0.15) is 29.3 Å². The maximum absolute atomic E-state index is 5.84. The van der Waals surface area contributed by atoms with Crippen molar-refractivity contribution in [1.82, 2.24) is 10.2 Å². The van der Waals surface area contributed by atoms with Crippen LogP contribution in [0.25, 0.3) is 0 Å². The first-order valence-electron chi connectivity index (χ1n) is 5.38. The molecule has 17 heavy (non-hydrogen) atoms. The zero-order chi connectivity index (χ0) is 12.4. The summed E-state index contributed by atoms with van der Waals surface area (Å²) in [5.74, 6) is 0.415. The molecule has 2 rings (SSSR count). The van der Waals surface area contributed by atoms with E-state index >= 15 is 0 Å². The molecule has 0 spiro atoms. The zero-order valence-electron chi connectivity index (χ0n) is 9.99. The fraction of sp³-hybridized carbons (Fsp3) is 0.333. The summed E-state index contributed by atoms with van der Waals surface area (Å²) in [7, 11) is 0. The monoisotopic (exact) mass is 251 g/mol. The second-order valence-corrected chi connectivity index (χ2v) is 4.64. The Morgan fingerprint density at radius 3 is 2.59 bits per heavy atom. The average Bonchev–Trinajstić information content (AvgIpc) is 2.72. The van der Waals surface area contributed by atoms with Gasteiger partial charge in [0.05, 0.1) is 0 Å². The van der Waals surface area contributed by atoms with Gasteiger partial charge in [-0.25, -0.2) is 0 Å². The molecule has 5 heteroatoms. The molecule has 1 aromatic heterocycles. The lowest BCUT2D eigenvalue weighted by Gasteiger charge is -2.04. The Morgan fingerprint density at radius 2 is 2.00 bits per heavy atom. The number of aromatic nitrogens is 2. The summed E-state index contributed by atoms with van der Waals surface area (Å²) >= 11 is 5.84. The SMILES string of the molecule is Cc1ccc(Nc2nnc(C(C)Cl)o2)cc1C. The number of aryl methyl sites for hydroxylation is 2. The minimum Gasteiger partial charge on any atom is -0.406 e. The average molecular weight is 252 g/mol. The van der Waals surface area contributed by atoms with Gasteiger partial charge in [0.15, 0.2) is 0 Å². The molecule has 0 radical (unpaired) electrons. The molecule has 90 valence electrons. The van der Waals surface area contributed by atoms with E-state index in [9.17, 15) is 0 Å². The molecule has 1 aromatic carbocycles. The second kappa shape index (κ2) is 4.75. The van der Waals surface area contributed by atoms with Crippen molar-refractivity contribution in [3.8, 4) is 0 Å². The lowest BCUT2D eigenvalue weighted by Crippen LogP contribution is -1.91. The van der Waals surface area contributed by atoms with Crippen LogP contribution in [0, 0.1) is 13.8 Å². The number of nitrogens with one attached hydrogen (secondary N) is 1. The minimum absolute atomic E-state index is 0.280. The topological polar surface area (TPSA) is 51.0 Å². The van der Waals surface area contributed by atoms with Gasteiger partial charge in [-0.2, -0.15) is 0 Å². The number of hydrogen-bond acceptors (Lipinski definition) is 4. The molecule has 2 aromatic rings. The van der Waals surface area contributed by atoms with Crippen molar-refractivity contribution in [1.29, 1.82) is 0 Å². The maximum Gasteiger partial charge on any atom is 0.320 e. The van der Waals surface area contributed by atoms with Gasteiger partial charge in [0, 0.05) is 5.69 Å². The summed E-state index contributed by atoms with van der Waals surface area (Å²) < 4.78 is 5.35. The lowest BCUT2D eigenvalue weighted by molar-refractivity contribution is 0.510. The summed E-state index contributed by atoms with van der Waals surface area (Å²) in [6, 6.07) is 6.40. The van der Waals surface area contributed by atoms with Crippen LogP contribution in [0.4, 0.5) is 11.7 Å². The van der Waals surface area contributed by atoms with Crippen LogP contribution >= 0.6 is 11.6 Å². The highest BCUT2D eigenvalue weighted by atomic mass is 35.5. The minimum atomic E-state index is -0.280. The van der Waals surface area contributed by atoms with Crippen molar-refractivity contribution in [3.05, 3.63) is 35.2 Å². The number of hydrogen-bond donors (Lipinski definition) is 1. The van der Waals surface area contributed by atoms with E-state index in [1.165, 1.54) is 11.1 Å². The lowest BCUT2D eigenvalue weighted by atomic mass is 10.1. The molecule has 0 amide bonds. The predicted octanol–water partition coefficient (Wildman–Crippen LogP) is 3.73. The van der Waals surface area contributed by atoms with Crippen LogP contribution in [-0.2, 0) is 0 Å². The van der Waals surface area contributed by atoms with E-state index in [1.54, 1.807) is 6.92 Å². The Hall–Kier alpha value is -1.55. The highest BCUT2D eigenvalue weighted by Crippen LogP contribution is 2.22. The van der Waals surface area contributed by atoms with Crippen molar-refractivity contribution in [3.63, 3.8) is 0 Å². The summed E-state index contributed by atoms with van der Waals surface area (Å²) in [4.78, 5) is 0. The smallest absolute Gasteiger partial charge is 0.320 e. The first-order valence-corrected chi connectivity index (χ1v) is 5.81. The van der Waals surface area contributed by atoms with Gasteiger partial charge < -0.3 is 9.73 Å². The number of rotatable bonds is 3. The van der Waals surface area contributed by atoms with Crippen LogP contribution in [0.2, 0.25) is 0 Å². The van der Waals surface area contributed by atoms with Crippen LogP contribution in [0.3, 0.4) is 0 Å². The van der Waals surface area contributed by atoms with Crippen LogP contribution < -0.4 is 5.32 Å². The first kappa shape index (κ1) is 11.9. The predicted molar refractivity (Wildman–Crippen MR) is 67.8 cm³/mol. The van der Waals surface area contributed by atoms with Gasteiger partial charge in [0.1, 0.15) is 5.38 Å². The van der Waals surface area contributed by atoms with Gasteiger partial charge in [0.2, 0.25) is 5.89 Å². The highest BCUT2D eigenvalue weighted by molar-refractivity contribution is 6.20. The Kier molecular flexibility index (Phi) is 3.33. The Balaban J connectivity index is 2.16. The molecule has 4 nitrogen and oxygen atoms in total. The summed E-state index contributed by atoms with van der Waals surface area (Å²) in [5.41, 5.74) is 3.38. The van der Waals surface area contributed by atoms with E-state index in [4.69, 9.17) is 16.0 Å². The number of anilines is 2. The third kappa shape index (κ3) is 2.77. The second-order valence-electron chi connectivity index (χ2n) is 3.99. The van der Waals surface area contributed by atoms with E-state index in [0.717, 1.165) is 5.69 Å². The third-order valence-electron chi connectivity index (χ3n) is 2.54. The van der Waals surface area contributed by atoms with Crippen molar-refractivity contribution in [2.75, 3.05) is 5.32 Å². The van der Waals surface area contributed by atoms with Crippen molar-refractivity contribution in [2.24, 2.45) is 0 Å². The Bertz CT molecular complexity index is 522. The van der Waals surface area contributed by atoms with Crippen LogP contribution in [0.5, 0.6) is 0 Å². The molecule has 0 bridgehead atoms. The van der Waals surface area contributed by atoms with Crippen molar-refractivity contribution < 1.29 is 4.42 Å². The van der Waals surface area contributed by atoms with E-state index in [1.807, 2.05) is 18.2 Å². The Morgan fingerprint density at radius 1 is 1.24 bits per heavy atom. The first-order chi connectivity index (χ1) is 8.06. The summed E-state index contributed by atoms with van der Waals surface area (Å²) in [6.45, 7) is 5.91. The standard InChI is InChI=1S/C12H14ClN3O/c1-7-4-5-10(6-8(7)2)14-12-16-15-11(17-12)9(3)13/h4-6,9H,1-3H3,(H,14,16). The maximum atomic E-state index is 5.84. The van der Waals surface area contributed by atoms with Gasteiger partial charge in [-0.15, -0.1) is 16.7 Å². The molecular weight excluding hydrogens is 238 g/mol. The van der Waals surface area contributed by atoms with Crippen molar-refractivity contribution >= 4 is 23.3 Å². The van der Waals surface area contributed by atoms with Crippen LogP contribution in [-0.4, -0.2) is 10.2 Å². The van der Waals surface area contributed by atoms with E-state index < -0.39 is 0 Å². The number of nitrogens with zero attached hydrogens (tertiary/aromatic N) is 2. The van der Waals surface area contributed by atoms with E-state index in [-0.39, 0.29) is 5.38 Å². The molecular formula is C12H14ClN3O. The highest BCUT2D eigenvalue weighted by Gasteiger charge is 2.11. The largest absolute Gasteiger partial charge is 0.406 e. The number of halogens is 1. The summed E-state index contributed by atoms with van der Waals surface area (Å²) in [5, 5.41) is 10.5.